The third-order valence-electron chi connectivity index (χ3n) is 7.28. The summed E-state index contributed by atoms with van der Waals surface area (Å²) in [7, 11) is 2.02. The molecule has 4 atom stereocenters. The Morgan fingerprint density at radius 2 is 1.35 bits per heavy atom. The molecular weight excluding hydrogens is 554 g/mol. The molecule has 2 aromatic carbocycles. The summed E-state index contributed by atoms with van der Waals surface area (Å²) in [5.41, 5.74) is 13.2. The fourth-order valence-corrected chi connectivity index (χ4v) is 5.80. The number of primary amides is 2. The minimum absolute atomic E-state index is 0.0896. The van der Waals surface area contributed by atoms with Crippen LogP contribution < -0.4 is 16.8 Å². The lowest BCUT2D eigenvalue weighted by molar-refractivity contribution is -0.125. The van der Waals surface area contributed by atoms with Crippen LogP contribution in [-0.4, -0.2) is 49.9 Å². The molecule has 2 aliphatic rings. The highest BCUT2D eigenvalue weighted by Gasteiger charge is 2.32. The molecule has 0 spiro atoms. The normalized spacial score (nSPS) is 24.1. The van der Waals surface area contributed by atoms with Crippen molar-refractivity contribution in [3.63, 3.8) is 0 Å². The number of piperidine rings is 2. The van der Waals surface area contributed by atoms with Gasteiger partial charge in [-0.15, -0.1) is 0 Å². The van der Waals surface area contributed by atoms with Crippen molar-refractivity contribution in [3.05, 3.63) is 67.6 Å². The monoisotopic (exact) mass is 586 g/mol. The zero-order valence-electron chi connectivity index (χ0n) is 20.9. The second-order valence-corrected chi connectivity index (χ2v) is 11.6. The van der Waals surface area contributed by atoms with Gasteiger partial charge in [0.25, 0.3) is 0 Å². The van der Waals surface area contributed by atoms with Gasteiger partial charge in [-0.1, -0.05) is 58.5 Å². The summed E-state index contributed by atoms with van der Waals surface area (Å²) in [6, 6.07) is 11.2. The summed E-state index contributed by atoms with van der Waals surface area (Å²) in [6.45, 7) is 3.33. The summed E-state index contributed by atoms with van der Waals surface area (Å²) in [5.74, 6) is -0.0720. The van der Waals surface area contributed by atoms with Crippen molar-refractivity contribution in [3.8, 4) is 0 Å². The SMILES string of the molecule is CN1CCC(Cc2ccc(Cl)c(Cl)c2)[C@H](C(N)=O)C1.NC(=O)[C@@H]1CNCCC1Cc1ccc(Cl)c(Cl)c1. The topological polar surface area (TPSA) is 101 Å². The Balaban J connectivity index is 0.000000206. The van der Waals surface area contributed by atoms with E-state index in [-0.39, 0.29) is 35.5 Å². The minimum atomic E-state index is -0.229. The van der Waals surface area contributed by atoms with Gasteiger partial charge in [-0.25, -0.2) is 0 Å². The van der Waals surface area contributed by atoms with Gasteiger partial charge in [-0.05, 0) is 93.0 Å². The summed E-state index contributed by atoms with van der Waals surface area (Å²) < 4.78 is 0. The van der Waals surface area contributed by atoms with E-state index >= 15 is 0 Å². The van der Waals surface area contributed by atoms with Gasteiger partial charge in [0.2, 0.25) is 11.8 Å². The molecule has 0 aliphatic carbocycles. The number of carbonyl (C=O) groups is 2. The Hall–Kier alpha value is -1.54. The molecule has 4 rings (SSSR count). The quantitative estimate of drug-likeness (QED) is 0.450. The maximum absolute atomic E-state index is 11.6. The summed E-state index contributed by atoms with van der Waals surface area (Å²) in [6.07, 6.45) is 3.56. The van der Waals surface area contributed by atoms with Gasteiger partial charge in [0.15, 0.2) is 0 Å². The third kappa shape index (κ3) is 8.74. The number of nitrogens with one attached hydrogen (secondary N) is 1. The van der Waals surface area contributed by atoms with Crippen LogP contribution in [0.25, 0.3) is 0 Å². The van der Waals surface area contributed by atoms with E-state index in [9.17, 15) is 9.59 Å². The fourth-order valence-electron chi connectivity index (χ4n) is 5.16. The average Bonchev–Trinajstić information content (AvgIpc) is 2.85. The maximum atomic E-state index is 11.6. The molecular formula is C27H34Cl4N4O2. The number of benzene rings is 2. The lowest BCUT2D eigenvalue weighted by Gasteiger charge is -2.35. The first kappa shape index (κ1) is 30.0. The molecule has 2 aromatic rings. The van der Waals surface area contributed by atoms with E-state index in [0.29, 0.717) is 26.6 Å². The van der Waals surface area contributed by atoms with Crippen LogP contribution >= 0.6 is 46.4 Å². The Labute approximate surface area is 238 Å². The average molecular weight is 588 g/mol. The molecule has 10 heteroatoms. The number of likely N-dealkylation sites (tertiary alicyclic amines) is 1. The molecule has 6 nitrogen and oxygen atoms in total. The second kappa shape index (κ2) is 14.0. The van der Waals surface area contributed by atoms with Crippen molar-refractivity contribution >= 4 is 58.2 Å². The third-order valence-corrected chi connectivity index (χ3v) is 8.76. The molecule has 0 radical (unpaired) electrons. The lowest BCUT2D eigenvalue weighted by atomic mass is 9.81. The lowest BCUT2D eigenvalue weighted by Crippen LogP contribution is -2.45. The largest absolute Gasteiger partial charge is 0.369 e. The van der Waals surface area contributed by atoms with Crippen LogP contribution in [0.5, 0.6) is 0 Å². The van der Waals surface area contributed by atoms with Crippen molar-refractivity contribution in [2.45, 2.75) is 25.7 Å². The Bertz CT molecular complexity index is 1100. The van der Waals surface area contributed by atoms with E-state index in [1.165, 1.54) is 0 Å². The fraction of sp³-hybridized carbons (Fsp3) is 0.481. The number of carbonyl (C=O) groups excluding carboxylic acids is 2. The predicted molar refractivity (Wildman–Crippen MR) is 152 cm³/mol. The van der Waals surface area contributed by atoms with Crippen molar-refractivity contribution in [1.29, 1.82) is 0 Å². The van der Waals surface area contributed by atoms with Gasteiger partial charge in [0.05, 0.1) is 31.9 Å². The number of rotatable bonds is 6. The Morgan fingerprint density at radius 3 is 1.84 bits per heavy atom. The van der Waals surface area contributed by atoms with Crippen LogP contribution in [0.15, 0.2) is 36.4 Å². The van der Waals surface area contributed by atoms with Crippen molar-refractivity contribution in [2.75, 3.05) is 33.2 Å². The predicted octanol–water partition coefficient (Wildman–Crippen LogP) is 4.84. The highest BCUT2D eigenvalue weighted by molar-refractivity contribution is 6.42. The molecule has 37 heavy (non-hydrogen) atoms. The number of halogens is 4. The van der Waals surface area contributed by atoms with Gasteiger partial charge in [0, 0.05) is 13.1 Å². The molecule has 2 unspecified atom stereocenters. The van der Waals surface area contributed by atoms with Crippen molar-refractivity contribution < 1.29 is 9.59 Å². The number of nitrogens with zero attached hydrogens (tertiary/aromatic N) is 1. The van der Waals surface area contributed by atoms with E-state index in [1.54, 1.807) is 12.1 Å². The molecule has 2 amide bonds. The van der Waals surface area contributed by atoms with Gasteiger partial charge < -0.3 is 21.7 Å². The van der Waals surface area contributed by atoms with Crippen LogP contribution in [0.1, 0.15) is 24.0 Å². The van der Waals surface area contributed by atoms with Gasteiger partial charge in [-0.2, -0.15) is 0 Å². The number of nitrogens with two attached hydrogens (primary N) is 2. The van der Waals surface area contributed by atoms with Crippen molar-refractivity contribution in [2.24, 2.45) is 35.1 Å². The molecule has 2 fully saturated rings. The van der Waals surface area contributed by atoms with Crippen LogP contribution in [0.2, 0.25) is 20.1 Å². The molecule has 2 aliphatic heterocycles. The number of amides is 2. The zero-order valence-corrected chi connectivity index (χ0v) is 23.9. The Kier molecular flexibility index (Phi) is 11.4. The molecule has 0 bridgehead atoms. The first-order valence-corrected chi connectivity index (χ1v) is 13.9. The number of hydrogen-bond donors (Lipinski definition) is 3. The van der Waals surface area contributed by atoms with Gasteiger partial charge >= 0.3 is 0 Å². The highest BCUT2D eigenvalue weighted by Crippen LogP contribution is 2.30. The number of hydrogen-bond acceptors (Lipinski definition) is 4. The molecule has 202 valence electrons. The van der Waals surface area contributed by atoms with E-state index in [4.69, 9.17) is 57.9 Å². The molecule has 0 saturated carbocycles. The van der Waals surface area contributed by atoms with E-state index < -0.39 is 0 Å². The van der Waals surface area contributed by atoms with Crippen LogP contribution in [0, 0.1) is 23.7 Å². The van der Waals surface area contributed by atoms with Crippen molar-refractivity contribution in [1.82, 2.24) is 10.2 Å². The highest BCUT2D eigenvalue weighted by atomic mass is 35.5. The van der Waals surface area contributed by atoms with Gasteiger partial charge in [0.1, 0.15) is 0 Å². The first-order chi connectivity index (χ1) is 17.5. The second-order valence-electron chi connectivity index (χ2n) is 9.99. The van der Waals surface area contributed by atoms with Gasteiger partial charge in [-0.3, -0.25) is 9.59 Å². The molecule has 2 heterocycles. The summed E-state index contributed by atoms with van der Waals surface area (Å²) >= 11 is 23.8. The molecule has 2 saturated heterocycles. The molecule has 0 aromatic heterocycles. The zero-order chi connectivity index (χ0) is 27.1. The standard InChI is InChI=1S/C14H18Cl2N2O.C13H16Cl2N2O/c1-18-5-4-10(11(8-18)14(17)19)6-9-2-3-12(15)13(16)7-9;14-11-2-1-8(6-12(11)15)5-9-3-4-17-7-10(9)13(16)18/h2-3,7,10-11H,4-6,8H2,1H3,(H2,17,19);1-2,6,9-10,17H,3-5,7H2,(H2,16,18)/t10?,11-;9?,10-/m11/s1. The van der Waals surface area contributed by atoms with Crippen LogP contribution in [0.4, 0.5) is 0 Å². The molecule has 5 N–H and O–H groups in total. The summed E-state index contributed by atoms with van der Waals surface area (Å²) in [5, 5.41) is 5.43. The minimum Gasteiger partial charge on any atom is -0.369 e. The van der Waals surface area contributed by atoms with E-state index in [2.05, 4.69) is 10.2 Å². The maximum Gasteiger partial charge on any atom is 0.222 e. The summed E-state index contributed by atoms with van der Waals surface area (Å²) in [4.78, 5) is 25.1. The van der Waals surface area contributed by atoms with Crippen LogP contribution in [-0.2, 0) is 22.4 Å². The Morgan fingerprint density at radius 1 is 0.838 bits per heavy atom. The first-order valence-electron chi connectivity index (χ1n) is 12.4. The van der Waals surface area contributed by atoms with E-state index in [0.717, 1.165) is 56.4 Å². The smallest absolute Gasteiger partial charge is 0.222 e. The van der Waals surface area contributed by atoms with Crippen LogP contribution in [0.3, 0.4) is 0 Å². The van der Waals surface area contributed by atoms with E-state index in [1.807, 2.05) is 31.3 Å².